The van der Waals surface area contributed by atoms with E-state index < -0.39 is 23.9 Å². The number of aliphatic hydroxyl groups excluding tert-OH is 1. The topological polar surface area (TPSA) is 178 Å². The third-order valence-corrected chi connectivity index (χ3v) is 6.53. The largest absolute Gasteiger partial charge is 0.397 e. The van der Waals surface area contributed by atoms with Crippen molar-refractivity contribution in [1.29, 1.82) is 0 Å². The van der Waals surface area contributed by atoms with Gasteiger partial charge in [-0.1, -0.05) is 120 Å². The van der Waals surface area contributed by atoms with Gasteiger partial charge in [0.05, 0.1) is 13.1 Å². The van der Waals surface area contributed by atoms with Crippen LogP contribution in [0.1, 0.15) is 116 Å². The fourth-order valence-electron chi connectivity index (χ4n) is 4.16. The third-order valence-electron chi connectivity index (χ3n) is 6.53. The van der Waals surface area contributed by atoms with Crippen molar-refractivity contribution in [3.63, 3.8) is 0 Å². The van der Waals surface area contributed by atoms with Crippen LogP contribution in [0.3, 0.4) is 0 Å². The predicted octanol–water partition coefficient (Wildman–Crippen LogP) is 4.80. The Balaban J connectivity index is -0.00000102. The van der Waals surface area contributed by atoms with Crippen LogP contribution in [0.4, 0.5) is 0 Å². The molecule has 0 heterocycles. The van der Waals surface area contributed by atoms with Gasteiger partial charge in [-0.05, 0) is 50.9 Å². The lowest BCUT2D eigenvalue weighted by atomic mass is 9.97. The van der Waals surface area contributed by atoms with Crippen LogP contribution in [0, 0.1) is 23.7 Å². The molecule has 0 bridgehead atoms. The fourth-order valence-corrected chi connectivity index (χ4v) is 4.16. The Bertz CT molecular complexity index is 1040. The average molecular weight is 739 g/mol. The van der Waals surface area contributed by atoms with Gasteiger partial charge >= 0.3 is 0 Å². The van der Waals surface area contributed by atoms with Gasteiger partial charge in [0.15, 0.2) is 0 Å². The molecule has 0 aliphatic heterocycles. The van der Waals surface area contributed by atoms with Crippen molar-refractivity contribution in [2.75, 3.05) is 32.8 Å². The normalized spacial score (nSPS) is 13.2. The summed E-state index contributed by atoms with van der Waals surface area (Å²) < 4.78 is 0. The number of rotatable bonds is 20. The summed E-state index contributed by atoms with van der Waals surface area (Å²) in [6, 6.07) is -1.75. The molecule has 0 aromatic heterocycles. The molecule has 0 rings (SSSR count). The summed E-state index contributed by atoms with van der Waals surface area (Å²) in [5.41, 5.74) is 0.369. The van der Waals surface area contributed by atoms with Crippen molar-refractivity contribution >= 4 is 29.5 Å². The Morgan fingerprint density at radius 2 is 1.25 bits per heavy atom. The highest BCUT2D eigenvalue weighted by molar-refractivity contribution is 5.99. The van der Waals surface area contributed by atoms with Crippen LogP contribution < -0.4 is 31.9 Å². The van der Waals surface area contributed by atoms with Gasteiger partial charge in [0.25, 0.3) is 5.91 Å². The van der Waals surface area contributed by atoms with E-state index in [9.17, 15) is 24.0 Å². The second-order valence-corrected chi connectivity index (χ2v) is 13.9. The van der Waals surface area contributed by atoms with Crippen molar-refractivity contribution in [2.45, 2.75) is 134 Å². The van der Waals surface area contributed by atoms with Crippen molar-refractivity contribution in [2.24, 2.45) is 23.7 Å². The van der Waals surface area contributed by atoms with Crippen LogP contribution in [-0.4, -0.2) is 85.6 Å². The van der Waals surface area contributed by atoms with Gasteiger partial charge in [-0.2, -0.15) is 0 Å². The number of nitrogens with one attached hydrogen (secondary N) is 6. The predicted molar refractivity (Wildman–Crippen MR) is 216 cm³/mol. The molecule has 304 valence electrons. The Hall–Kier alpha value is -3.51. The van der Waals surface area contributed by atoms with Crippen LogP contribution in [0.2, 0.25) is 0 Å². The molecule has 0 aliphatic carbocycles. The quantitative estimate of drug-likeness (QED) is 0.0693. The Kier molecular flexibility index (Phi) is 38.1. The van der Waals surface area contributed by atoms with E-state index in [1.807, 2.05) is 48.5 Å². The van der Waals surface area contributed by atoms with Crippen LogP contribution in [0.15, 0.2) is 36.5 Å². The summed E-state index contributed by atoms with van der Waals surface area (Å²) in [6.07, 6.45) is 8.96. The van der Waals surface area contributed by atoms with E-state index in [-0.39, 0.29) is 61.2 Å². The lowest BCUT2D eigenvalue weighted by molar-refractivity contribution is -0.130. The highest BCUT2D eigenvalue weighted by Crippen LogP contribution is 2.10. The van der Waals surface area contributed by atoms with E-state index in [1.54, 1.807) is 32.1 Å². The van der Waals surface area contributed by atoms with Crippen LogP contribution >= 0.6 is 0 Å². The molecule has 0 aliphatic rings. The number of carbonyl (C=O) groups is 5. The molecule has 5 amide bonds. The Morgan fingerprint density at radius 1 is 0.750 bits per heavy atom. The van der Waals surface area contributed by atoms with E-state index in [2.05, 4.69) is 73.1 Å². The monoisotopic (exact) mass is 739 g/mol. The molecule has 3 unspecified atom stereocenters. The summed E-state index contributed by atoms with van der Waals surface area (Å²) in [5.74, 6) is -0.926. The molecule has 0 saturated carbocycles. The smallest absolute Gasteiger partial charge is 0.251 e. The van der Waals surface area contributed by atoms with Crippen molar-refractivity contribution in [3.8, 4) is 0 Å². The minimum absolute atomic E-state index is 0.0182. The maximum Gasteiger partial charge on any atom is 0.251 e. The van der Waals surface area contributed by atoms with E-state index in [4.69, 9.17) is 5.11 Å². The molecule has 12 heteroatoms. The number of likely N-dealkylation sites (N-methyl/N-ethyl adjacent to an activating group) is 1. The average Bonchev–Trinajstić information content (AvgIpc) is 3.04. The lowest BCUT2D eigenvalue weighted by Gasteiger charge is -2.25. The standard InChI is InChI=1S/C31H54N6O5.C4H10.C3H8.C2H6O/c1-10-14-23(15-11-2)29(40)37-28(22(9)12-3)31(42)34-19-26(39)35-24(16-20(5)6)17-32-18-25(38)36-27(21(7)8)30(41)33-13-4;1-4(2)3;1-3-2;1-2-3/h10-11,14-15,20-22,24,27-28,32H,1,12-13,16-19H2,2-9H3,(H,33,41)(H,34,42)(H,35,39)(H,36,38)(H,37,40);4H,1-3H3;3H2,1-2H3;3H,2H2,1H3/b15-11-,23-14+;;;/t22-,24?,27?,28?;;;/m0.../s1. The van der Waals surface area contributed by atoms with Gasteiger partial charge in [0.1, 0.15) is 12.1 Å². The molecular formula is C40H78N6O6. The van der Waals surface area contributed by atoms with Gasteiger partial charge in [0.2, 0.25) is 23.6 Å². The van der Waals surface area contributed by atoms with Crippen molar-refractivity contribution < 1.29 is 29.1 Å². The summed E-state index contributed by atoms with van der Waals surface area (Å²) in [6.45, 7) is 32.0. The third kappa shape index (κ3) is 32.4. The van der Waals surface area contributed by atoms with E-state index >= 15 is 0 Å². The molecule has 0 aromatic rings. The number of carbonyl (C=O) groups excluding carboxylic acids is 5. The van der Waals surface area contributed by atoms with Gasteiger partial charge < -0.3 is 37.0 Å². The number of hydrogen-bond acceptors (Lipinski definition) is 7. The Morgan fingerprint density at radius 3 is 1.67 bits per heavy atom. The summed E-state index contributed by atoms with van der Waals surface area (Å²) >= 11 is 0. The first-order chi connectivity index (χ1) is 24.4. The minimum atomic E-state index is -0.825. The minimum Gasteiger partial charge on any atom is -0.397 e. The van der Waals surface area contributed by atoms with Gasteiger partial charge in [-0.25, -0.2) is 0 Å². The second-order valence-electron chi connectivity index (χ2n) is 13.9. The summed E-state index contributed by atoms with van der Waals surface area (Å²) in [4.78, 5) is 63.2. The zero-order chi connectivity index (χ0) is 41.2. The highest BCUT2D eigenvalue weighted by atomic mass is 16.2. The molecule has 4 atom stereocenters. The summed E-state index contributed by atoms with van der Waals surface area (Å²) in [5, 5.41) is 24.5. The Labute approximate surface area is 317 Å². The van der Waals surface area contributed by atoms with Gasteiger partial charge in [0, 0.05) is 31.3 Å². The van der Waals surface area contributed by atoms with Gasteiger partial charge in [-0.15, -0.1) is 0 Å². The highest BCUT2D eigenvalue weighted by Gasteiger charge is 2.27. The maximum absolute atomic E-state index is 13.0. The molecule has 7 N–H and O–H groups in total. The van der Waals surface area contributed by atoms with Crippen LogP contribution in [-0.2, 0) is 24.0 Å². The van der Waals surface area contributed by atoms with E-state index in [1.165, 1.54) is 12.5 Å². The SMILES string of the molecule is C=C/C=C(\C=C/C)C(=O)NC(C(=O)NCC(=O)NC(CNCC(=O)NC(C(=O)NCC)C(C)C)CC(C)C)[C@@H](C)CC.CC(C)C.CCC.CCO. The number of amides is 5. The number of aliphatic hydroxyl groups is 1. The number of hydrogen-bond donors (Lipinski definition) is 7. The molecule has 0 radical (unpaired) electrons. The molecule has 0 saturated heterocycles. The van der Waals surface area contributed by atoms with Crippen molar-refractivity contribution in [3.05, 3.63) is 36.5 Å². The summed E-state index contributed by atoms with van der Waals surface area (Å²) in [7, 11) is 0. The number of allylic oxidation sites excluding steroid dienone is 3. The molecule has 0 aromatic carbocycles. The second kappa shape index (κ2) is 35.9. The molecular weight excluding hydrogens is 660 g/mol. The van der Waals surface area contributed by atoms with Crippen LogP contribution in [0.5, 0.6) is 0 Å². The molecule has 0 spiro atoms. The first-order valence-corrected chi connectivity index (χ1v) is 19.1. The first kappa shape index (κ1) is 55.2. The lowest BCUT2D eigenvalue weighted by Crippen LogP contribution is -2.54. The molecule has 0 fully saturated rings. The zero-order valence-corrected chi connectivity index (χ0v) is 35.2. The fraction of sp³-hybridized carbons (Fsp3) is 0.725. The van der Waals surface area contributed by atoms with Crippen LogP contribution in [0.25, 0.3) is 0 Å². The zero-order valence-electron chi connectivity index (χ0n) is 35.2. The van der Waals surface area contributed by atoms with Gasteiger partial charge in [-0.3, -0.25) is 24.0 Å². The molecule has 12 nitrogen and oxygen atoms in total. The van der Waals surface area contributed by atoms with Crippen molar-refractivity contribution in [1.82, 2.24) is 31.9 Å². The van der Waals surface area contributed by atoms with E-state index in [0.717, 1.165) is 5.92 Å². The van der Waals surface area contributed by atoms with E-state index in [0.29, 0.717) is 31.5 Å². The maximum atomic E-state index is 13.0. The molecule has 52 heavy (non-hydrogen) atoms. The first-order valence-electron chi connectivity index (χ1n) is 19.1.